The van der Waals surface area contributed by atoms with Crippen molar-refractivity contribution in [2.75, 3.05) is 26.7 Å². The fraction of sp³-hybridized carbons (Fsp3) is 0.667. The van der Waals surface area contributed by atoms with Gasteiger partial charge in [0.2, 0.25) is 0 Å². The maximum absolute atomic E-state index is 11.8. The second kappa shape index (κ2) is 11.1. The summed E-state index contributed by atoms with van der Waals surface area (Å²) < 4.78 is 0. The van der Waals surface area contributed by atoms with Gasteiger partial charge in [-0.3, -0.25) is 9.79 Å². The lowest BCUT2D eigenvalue weighted by atomic mass is 10.0. The molecule has 1 aromatic heterocycles. The molecule has 3 N–H and O–H groups in total. The number of rotatable bonds is 9. The highest BCUT2D eigenvalue weighted by Gasteiger charge is 2.13. The van der Waals surface area contributed by atoms with E-state index >= 15 is 0 Å². The molecular formula is C18H30N4OS. The molecule has 24 heavy (non-hydrogen) atoms. The van der Waals surface area contributed by atoms with Crippen molar-refractivity contribution in [1.29, 1.82) is 0 Å². The molecule has 0 aliphatic heterocycles. The van der Waals surface area contributed by atoms with Crippen LogP contribution in [0.1, 0.15) is 54.6 Å². The molecular weight excluding hydrogens is 320 g/mol. The number of amides is 1. The van der Waals surface area contributed by atoms with Gasteiger partial charge in [0.15, 0.2) is 5.96 Å². The molecule has 0 radical (unpaired) electrons. The number of nitrogens with zero attached hydrogens (tertiary/aromatic N) is 1. The first-order chi connectivity index (χ1) is 11.8. The van der Waals surface area contributed by atoms with E-state index in [0.717, 1.165) is 36.3 Å². The number of thiophene rings is 1. The highest BCUT2D eigenvalue weighted by molar-refractivity contribution is 7.12. The van der Waals surface area contributed by atoms with Gasteiger partial charge in [-0.15, -0.1) is 11.3 Å². The Labute approximate surface area is 149 Å². The summed E-state index contributed by atoms with van der Waals surface area (Å²) in [7, 11) is 1.80. The number of carbonyl (C=O) groups is 1. The second-order valence-corrected chi connectivity index (χ2v) is 7.25. The van der Waals surface area contributed by atoms with Crippen molar-refractivity contribution < 1.29 is 4.79 Å². The standard InChI is InChI=1S/C18H30N4OS/c1-19-18(21-11-4-9-15-7-2-3-8-15)22-13-6-12-20-17(23)16-10-5-14-24-16/h5,10,14-15H,2-4,6-9,11-13H2,1H3,(H,20,23)(H2,19,21,22). The van der Waals surface area contributed by atoms with Gasteiger partial charge in [-0.05, 0) is 36.6 Å². The van der Waals surface area contributed by atoms with Gasteiger partial charge in [-0.1, -0.05) is 31.7 Å². The zero-order valence-corrected chi connectivity index (χ0v) is 15.5. The minimum atomic E-state index is 0.0134. The van der Waals surface area contributed by atoms with Gasteiger partial charge in [0.25, 0.3) is 5.91 Å². The summed E-state index contributed by atoms with van der Waals surface area (Å²) in [5.41, 5.74) is 0. The molecule has 0 atom stereocenters. The molecule has 2 rings (SSSR count). The quantitative estimate of drug-likeness (QED) is 0.364. The van der Waals surface area contributed by atoms with E-state index in [-0.39, 0.29) is 5.91 Å². The van der Waals surface area contributed by atoms with E-state index in [2.05, 4.69) is 20.9 Å². The smallest absolute Gasteiger partial charge is 0.261 e. The van der Waals surface area contributed by atoms with Crippen LogP contribution in [-0.4, -0.2) is 38.5 Å². The van der Waals surface area contributed by atoms with Crippen molar-refractivity contribution in [3.05, 3.63) is 22.4 Å². The molecule has 1 amide bonds. The minimum absolute atomic E-state index is 0.0134. The largest absolute Gasteiger partial charge is 0.356 e. The molecule has 1 aliphatic carbocycles. The number of nitrogens with one attached hydrogen (secondary N) is 3. The minimum Gasteiger partial charge on any atom is -0.356 e. The molecule has 6 heteroatoms. The Balaban J connectivity index is 1.48. The average Bonchev–Trinajstić information content (AvgIpc) is 3.29. The van der Waals surface area contributed by atoms with Crippen molar-refractivity contribution in [2.24, 2.45) is 10.9 Å². The highest BCUT2D eigenvalue weighted by atomic mass is 32.1. The average molecular weight is 351 g/mol. The van der Waals surface area contributed by atoms with E-state index in [1.165, 1.54) is 49.9 Å². The molecule has 1 heterocycles. The Morgan fingerprint density at radius 3 is 2.54 bits per heavy atom. The second-order valence-electron chi connectivity index (χ2n) is 6.31. The molecule has 0 unspecified atom stereocenters. The molecule has 5 nitrogen and oxygen atoms in total. The van der Waals surface area contributed by atoms with Crippen LogP contribution in [0.5, 0.6) is 0 Å². The van der Waals surface area contributed by atoms with Gasteiger partial charge in [-0.2, -0.15) is 0 Å². The van der Waals surface area contributed by atoms with E-state index in [1.807, 2.05) is 17.5 Å². The third kappa shape index (κ3) is 6.91. The van der Waals surface area contributed by atoms with Gasteiger partial charge in [0.1, 0.15) is 0 Å². The summed E-state index contributed by atoms with van der Waals surface area (Å²) in [6.07, 6.45) is 9.10. The Hall–Kier alpha value is -1.56. The van der Waals surface area contributed by atoms with Crippen LogP contribution >= 0.6 is 11.3 Å². The normalized spacial score (nSPS) is 15.5. The van der Waals surface area contributed by atoms with Gasteiger partial charge in [0, 0.05) is 26.7 Å². The van der Waals surface area contributed by atoms with Crippen LogP contribution in [0.25, 0.3) is 0 Å². The topological polar surface area (TPSA) is 65.5 Å². The summed E-state index contributed by atoms with van der Waals surface area (Å²) in [5.74, 6) is 1.82. The molecule has 0 aromatic carbocycles. The number of hydrogen-bond acceptors (Lipinski definition) is 3. The molecule has 0 bridgehead atoms. The SMILES string of the molecule is CN=C(NCCCNC(=O)c1cccs1)NCCCC1CCCC1. The highest BCUT2D eigenvalue weighted by Crippen LogP contribution is 2.28. The van der Waals surface area contributed by atoms with Crippen LogP contribution in [0, 0.1) is 5.92 Å². The molecule has 1 aliphatic rings. The van der Waals surface area contributed by atoms with E-state index in [1.54, 1.807) is 7.05 Å². The molecule has 1 fully saturated rings. The number of carbonyl (C=O) groups excluding carboxylic acids is 1. The summed E-state index contributed by atoms with van der Waals surface area (Å²) in [4.78, 5) is 16.8. The zero-order chi connectivity index (χ0) is 17.0. The van der Waals surface area contributed by atoms with Crippen LogP contribution < -0.4 is 16.0 Å². The van der Waals surface area contributed by atoms with E-state index in [0.29, 0.717) is 6.54 Å². The van der Waals surface area contributed by atoms with Crippen LogP contribution in [0.3, 0.4) is 0 Å². The van der Waals surface area contributed by atoms with E-state index < -0.39 is 0 Å². The summed E-state index contributed by atoms with van der Waals surface area (Å²) in [5, 5.41) is 11.5. The predicted octanol–water partition coefficient (Wildman–Crippen LogP) is 3.00. The molecule has 0 spiro atoms. The van der Waals surface area contributed by atoms with Gasteiger partial charge < -0.3 is 16.0 Å². The molecule has 134 valence electrons. The van der Waals surface area contributed by atoms with Crippen molar-refractivity contribution in [2.45, 2.75) is 44.9 Å². The molecule has 1 aromatic rings. The van der Waals surface area contributed by atoms with Crippen LogP contribution in [-0.2, 0) is 0 Å². The first kappa shape index (κ1) is 18.8. The molecule has 0 saturated heterocycles. The van der Waals surface area contributed by atoms with Crippen molar-refractivity contribution >= 4 is 23.2 Å². The fourth-order valence-corrected chi connectivity index (χ4v) is 3.75. The van der Waals surface area contributed by atoms with Crippen molar-refractivity contribution in [1.82, 2.24) is 16.0 Å². The number of guanidine groups is 1. The number of hydrogen-bond donors (Lipinski definition) is 3. The predicted molar refractivity (Wildman–Crippen MR) is 102 cm³/mol. The third-order valence-corrected chi connectivity index (χ3v) is 5.33. The van der Waals surface area contributed by atoms with E-state index in [4.69, 9.17) is 0 Å². The van der Waals surface area contributed by atoms with Crippen LogP contribution in [0.4, 0.5) is 0 Å². The molecule has 1 saturated carbocycles. The summed E-state index contributed by atoms with van der Waals surface area (Å²) in [6, 6.07) is 3.74. The van der Waals surface area contributed by atoms with Gasteiger partial charge in [-0.25, -0.2) is 0 Å². The van der Waals surface area contributed by atoms with Crippen molar-refractivity contribution in [3.63, 3.8) is 0 Å². The Bertz CT molecular complexity index is 495. The fourth-order valence-electron chi connectivity index (χ4n) is 3.11. The first-order valence-corrected chi connectivity index (χ1v) is 9.94. The maximum atomic E-state index is 11.8. The Kier molecular flexibility index (Phi) is 8.66. The lowest BCUT2D eigenvalue weighted by Crippen LogP contribution is -2.39. The Morgan fingerprint density at radius 1 is 1.17 bits per heavy atom. The Morgan fingerprint density at radius 2 is 1.88 bits per heavy atom. The van der Waals surface area contributed by atoms with E-state index in [9.17, 15) is 4.79 Å². The van der Waals surface area contributed by atoms with Gasteiger partial charge in [0.05, 0.1) is 4.88 Å². The monoisotopic (exact) mass is 350 g/mol. The van der Waals surface area contributed by atoms with Crippen LogP contribution in [0.15, 0.2) is 22.5 Å². The summed E-state index contributed by atoms with van der Waals surface area (Å²) in [6.45, 7) is 2.45. The summed E-state index contributed by atoms with van der Waals surface area (Å²) >= 11 is 1.47. The first-order valence-electron chi connectivity index (χ1n) is 9.06. The zero-order valence-electron chi connectivity index (χ0n) is 14.6. The third-order valence-electron chi connectivity index (χ3n) is 4.46. The lowest BCUT2D eigenvalue weighted by molar-refractivity contribution is 0.0957. The number of aliphatic imine (C=N–C) groups is 1. The van der Waals surface area contributed by atoms with Gasteiger partial charge >= 0.3 is 0 Å². The van der Waals surface area contributed by atoms with Crippen molar-refractivity contribution in [3.8, 4) is 0 Å². The lowest BCUT2D eigenvalue weighted by Gasteiger charge is -2.13. The maximum Gasteiger partial charge on any atom is 0.261 e. The van der Waals surface area contributed by atoms with Crippen LogP contribution in [0.2, 0.25) is 0 Å².